The van der Waals surface area contributed by atoms with Crippen LogP contribution in [0.2, 0.25) is 5.02 Å². The van der Waals surface area contributed by atoms with Crippen molar-refractivity contribution < 1.29 is 14.3 Å². The Kier molecular flexibility index (Phi) is 4.45. The normalized spacial score (nSPS) is 10.6. The van der Waals surface area contributed by atoms with Gasteiger partial charge in [0, 0.05) is 17.5 Å². The van der Waals surface area contributed by atoms with Crippen LogP contribution in [0.25, 0.3) is 10.9 Å². The number of carbonyl (C=O) groups is 1. The van der Waals surface area contributed by atoms with Crippen LogP contribution in [0.15, 0.2) is 18.2 Å². The smallest absolute Gasteiger partial charge is 0.305 e. The lowest BCUT2D eigenvalue weighted by molar-refractivity contribution is -0.140. The minimum atomic E-state index is -0.248. The van der Waals surface area contributed by atoms with Crippen LogP contribution in [0, 0.1) is 6.92 Å². The first-order valence-electron chi connectivity index (χ1n) is 6.26. The molecule has 5 heteroatoms. The van der Waals surface area contributed by atoms with Crippen molar-refractivity contribution in [1.29, 1.82) is 0 Å². The van der Waals surface area contributed by atoms with Crippen LogP contribution in [0.5, 0.6) is 5.75 Å². The number of hydrogen-bond donors (Lipinski definition) is 0. The highest BCUT2D eigenvalue weighted by atomic mass is 35.5. The van der Waals surface area contributed by atoms with Gasteiger partial charge < -0.3 is 9.47 Å². The van der Waals surface area contributed by atoms with Crippen LogP contribution in [0.3, 0.4) is 0 Å². The van der Waals surface area contributed by atoms with Crippen molar-refractivity contribution in [3.05, 3.63) is 34.5 Å². The van der Waals surface area contributed by atoms with Crippen molar-refractivity contribution in [2.24, 2.45) is 0 Å². The van der Waals surface area contributed by atoms with Crippen molar-refractivity contribution in [3.63, 3.8) is 0 Å². The van der Waals surface area contributed by atoms with Crippen molar-refractivity contribution in [2.45, 2.75) is 19.8 Å². The number of pyridine rings is 1. The van der Waals surface area contributed by atoms with Gasteiger partial charge in [-0.1, -0.05) is 11.6 Å². The maximum atomic E-state index is 11.2. The second-order valence-corrected chi connectivity index (χ2v) is 4.89. The van der Waals surface area contributed by atoms with Crippen LogP contribution in [-0.2, 0) is 16.0 Å². The van der Waals surface area contributed by atoms with Crippen LogP contribution in [0.1, 0.15) is 17.7 Å². The quantitative estimate of drug-likeness (QED) is 0.812. The van der Waals surface area contributed by atoms with Crippen LogP contribution < -0.4 is 4.74 Å². The number of aryl methyl sites for hydroxylation is 2. The van der Waals surface area contributed by atoms with Crippen LogP contribution >= 0.6 is 11.6 Å². The first-order valence-corrected chi connectivity index (χ1v) is 6.64. The maximum Gasteiger partial charge on any atom is 0.305 e. The summed E-state index contributed by atoms with van der Waals surface area (Å²) in [4.78, 5) is 15.8. The van der Waals surface area contributed by atoms with Gasteiger partial charge in [0.2, 0.25) is 0 Å². The largest absolute Gasteiger partial charge is 0.494 e. The molecule has 0 radical (unpaired) electrons. The summed E-state index contributed by atoms with van der Waals surface area (Å²) in [6, 6.07) is 5.53. The van der Waals surface area contributed by atoms with E-state index in [9.17, 15) is 4.79 Å². The van der Waals surface area contributed by atoms with Gasteiger partial charge in [-0.3, -0.25) is 4.79 Å². The third-order valence-corrected chi connectivity index (χ3v) is 3.47. The molecule has 0 amide bonds. The fourth-order valence-corrected chi connectivity index (χ4v) is 2.46. The molecule has 0 aliphatic heterocycles. The zero-order chi connectivity index (χ0) is 14.7. The zero-order valence-corrected chi connectivity index (χ0v) is 12.5. The van der Waals surface area contributed by atoms with Gasteiger partial charge in [-0.15, -0.1) is 0 Å². The average molecular weight is 294 g/mol. The molecule has 2 aromatic rings. The number of hydrogen-bond acceptors (Lipinski definition) is 4. The Labute approximate surface area is 122 Å². The Hall–Kier alpha value is -1.81. The Bertz CT molecular complexity index is 655. The summed E-state index contributed by atoms with van der Waals surface area (Å²) in [5, 5.41) is 1.53. The number of esters is 1. The fraction of sp³-hybridized carbons (Fsp3) is 0.333. The Morgan fingerprint density at radius 3 is 2.75 bits per heavy atom. The molecular formula is C15H16ClNO3. The Balaban J connectivity index is 2.47. The molecule has 0 atom stereocenters. The highest BCUT2D eigenvalue weighted by molar-refractivity contribution is 6.35. The highest BCUT2D eigenvalue weighted by Crippen LogP contribution is 2.32. The molecule has 0 spiro atoms. The van der Waals surface area contributed by atoms with E-state index in [2.05, 4.69) is 9.72 Å². The summed E-state index contributed by atoms with van der Waals surface area (Å²) in [7, 11) is 2.98. The molecule has 0 fully saturated rings. The maximum absolute atomic E-state index is 11.2. The molecule has 1 aromatic carbocycles. The topological polar surface area (TPSA) is 48.4 Å². The standard InChI is InChI=1S/C15H16ClNO3/c1-9-8-10(4-7-13(18)20-3)17-15-12(19-2)6-5-11(16)14(9)15/h5-6,8H,4,7H2,1-3H3. The summed E-state index contributed by atoms with van der Waals surface area (Å²) < 4.78 is 9.97. The summed E-state index contributed by atoms with van der Waals surface area (Å²) in [5.41, 5.74) is 2.56. The SMILES string of the molecule is COC(=O)CCc1cc(C)c2c(Cl)ccc(OC)c2n1. The number of rotatable bonds is 4. The van der Waals surface area contributed by atoms with Crippen LogP contribution in [-0.4, -0.2) is 25.2 Å². The van der Waals surface area contributed by atoms with E-state index in [0.717, 1.165) is 22.2 Å². The van der Waals surface area contributed by atoms with Gasteiger partial charge in [-0.25, -0.2) is 4.98 Å². The molecule has 0 saturated heterocycles. The van der Waals surface area contributed by atoms with Crippen molar-refractivity contribution in [2.75, 3.05) is 14.2 Å². The number of benzene rings is 1. The molecule has 20 heavy (non-hydrogen) atoms. The van der Waals surface area contributed by atoms with E-state index in [0.29, 0.717) is 23.6 Å². The van der Waals surface area contributed by atoms with Crippen molar-refractivity contribution in [3.8, 4) is 5.75 Å². The molecule has 4 nitrogen and oxygen atoms in total. The minimum Gasteiger partial charge on any atom is -0.494 e. The summed E-state index contributed by atoms with van der Waals surface area (Å²) in [6.07, 6.45) is 0.830. The van der Waals surface area contributed by atoms with Gasteiger partial charge >= 0.3 is 5.97 Å². The van der Waals surface area contributed by atoms with Gasteiger partial charge in [0.25, 0.3) is 0 Å². The Morgan fingerprint density at radius 1 is 1.35 bits per heavy atom. The number of nitrogens with zero attached hydrogens (tertiary/aromatic N) is 1. The number of methoxy groups -OCH3 is 2. The minimum absolute atomic E-state index is 0.248. The van der Waals surface area contributed by atoms with Gasteiger partial charge in [0.05, 0.1) is 25.7 Å². The van der Waals surface area contributed by atoms with E-state index in [-0.39, 0.29) is 5.97 Å². The summed E-state index contributed by atoms with van der Waals surface area (Å²) >= 11 is 6.22. The van der Waals surface area contributed by atoms with E-state index < -0.39 is 0 Å². The average Bonchev–Trinajstić information content (AvgIpc) is 2.44. The molecule has 2 rings (SSSR count). The van der Waals surface area contributed by atoms with Gasteiger partial charge in [-0.2, -0.15) is 0 Å². The zero-order valence-electron chi connectivity index (χ0n) is 11.7. The molecule has 0 N–H and O–H groups in total. The molecular weight excluding hydrogens is 278 g/mol. The Morgan fingerprint density at radius 2 is 2.10 bits per heavy atom. The molecule has 0 aliphatic rings. The number of ether oxygens (including phenoxy) is 2. The van der Waals surface area contributed by atoms with Crippen LogP contribution in [0.4, 0.5) is 0 Å². The second kappa shape index (κ2) is 6.09. The van der Waals surface area contributed by atoms with E-state index in [1.54, 1.807) is 19.2 Å². The second-order valence-electron chi connectivity index (χ2n) is 4.48. The van der Waals surface area contributed by atoms with E-state index in [4.69, 9.17) is 16.3 Å². The number of carbonyl (C=O) groups excluding carboxylic acids is 1. The van der Waals surface area contributed by atoms with E-state index in [1.165, 1.54) is 7.11 Å². The molecule has 0 aliphatic carbocycles. The molecule has 106 valence electrons. The van der Waals surface area contributed by atoms with E-state index in [1.807, 2.05) is 13.0 Å². The molecule has 1 aromatic heterocycles. The molecule has 1 heterocycles. The van der Waals surface area contributed by atoms with Crippen molar-refractivity contribution >= 4 is 28.5 Å². The summed E-state index contributed by atoms with van der Waals surface area (Å²) in [5.74, 6) is 0.426. The molecule has 0 saturated carbocycles. The van der Waals surface area contributed by atoms with Gasteiger partial charge in [0.1, 0.15) is 11.3 Å². The highest BCUT2D eigenvalue weighted by Gasteiger charge is 2.12. The fourth-order valence-electron chi connectivity index (χ4n) is 2.16. The number of fused-ring (bicyclic) bond motifs is 1. The molecule has 0 bridgehead atoms. The predicted octanol–water partition coefficient (Wildman–Crippen LogP) is 3.31. The summed E-state index contributed by atoms with van der Waals surface area (Å²) in [6.45, 7) is 1.97. The molecule has 0 unspecified atom stereocenters. The predicted molar refractivity (Wildman–Crippen MR) is 78.4 cm³/mol. The number of aromatic nitrogens is 1. The lowest BCUT2D eigenvalue weighted by Crippen LogP contribution is -2.04. The van der Waals surface area contributed by atoms with E-state index >= 15 is 0 Å². The first-order chi connectivity index (χ1) is 9.56. The van der Waals surface area contributed by atoms with Crippen molar-refractivity contribution in [1.82, 2.24) is 4.98 Å². The third-order valence-electron chi connectivity index (χ3n) is 3.16. The number of halogens is 1. The third kappa shape index (κ3) is 2.85. The van der Waals surface area contributed by atoms with Gasteiger partial charge in [-0.05, 0) is 30.7 Å². The lowest BCUT2D eigenvalue weighted by Gasteiger charge is -2.11. The van der Waals surface area contributed by atoms with Gasteiger partial charge in [0.15, 0.2) is 0 Å². The first kappa shape index (κ1) is 14.6. The lowest BCUT2D eigenvalue weighted by atomic mass is 10.1. The monoisotopic (exact) mass is 293 g/mol.